The number of methoxy groups -OCH3 is 1. The maximum absolute atomic E-state index is 8.80. The summed E-state index contributed by atoms with van der Waals surface area (Å²) in [5.41, 5.74) is 4.03. The largest absolute Gasteiger partial charge is 0.496 e. The molecule has 1 heterocycles. The van der Waals surface area contributed by atoms with E-state index in [9.17, 15) is 0 Å². The van der Waals surface area contributed by atoms with Crippen molar-refractivity contribution in [2.45, 2.75) is 20.4 Å². The van der Waals surface area contributed by atoms with Gasteiger partial charge >= 0.3 is 0 Å². The number of hydrogen-bond donors (Lipinski definition) is 1. The van der Waals surface area contributed by atoms with E-state index in [1.807, 2.05) is 31.4 Å². The summed E-state index contributed by atoms with van der Waals surface area (Å²) in [5.74, 6) is 0.925. The first kappa shape index (κ1) is 13.4. The van der Waals surface area contributed by atoms with Crippen LogP contribution in [0.3, 0.4) is 0 Å². The Bertz CT molecular complexity index is 626. The third kappa shape index (κ3) is 2.88. The van der Waals surface area contributed by atoms with Gasteiger partial charge in [0.25, 0.3) is 0 Å². The zero-order valence-electron chi connectivity index (χ0n) is 11.3. The number of rotatable bonds is 4. The molecule has 0 aliphatic heterocycles. The monoisotopic (exact) mass is 272 g/mol. The molecule has 0 fully saturated rings. The van der Waals surface area contributed by atoms with Crippen LogP contribution in [0, 0.1) is 25.2 Å². The number of hydrogen-bond acceptors (Lipinski definition) is 4. The number of aryl methyl sites for hydroxylation is 1. The summed E-state index contributed by atoms with van der Waals surface area (Å²) >= 11 is 1.60. The van der Waals surface area contributed by atoms with Crippen molar-refractivity contribution in [1.82, 2.24) is 0 Å². The van der Waals surface area contributed by atoms with Gasteiger partial charge in [-0.2, -0.15) is 5.26 Å². The summed E-state index contributed by atoms with van der Waals surface area (Å²) in [6.07, 6.45) is 0. The van der Waals surface area contributed by atoms with Crippen molar-refractivity contribution in [3.8, 4) is 11.8 Å². The van der Waals surface area contributed by atoms with Gasteiger partial charge in [0.2, 0.25) is 0 Å². The molecule has 0 aliphatic carbocycles. The number of nitrogens with zero attached hydrogens (tertiary/aromatic N) is 1. The van der Waals surface area contributed by atoms with Crippen LogP contribution in [0.2, 0.25) is 0 Å². The fraction of sp³-hybridized carbons (Fsp3) is 0.267. The summed E-state index contributed by atoms with van der Waals surface area (Å²) in [4.78, 5) is 1.15. The molecule has 0 saturated heterocycles. The van der Waals surface area contributed by atoms with Crippen LogP contribution in [0.25, 0.3) is 0 Å². The number of anilines is 1. The molecule has 1 N–H and O–H groups in total. The van der Waals surface area contributed by atoms with Crippen molar-refractivity contribution in [3.05, 3.63) is 45.1 Å². The van der Waals surface area contributed by atoms with Crippen LogP contribution < -0.4 is 10.1 Å². The Labute approximate surface area is 117 Å². The highest BCUT2D eigenvalue weighted by atomic mass is 32.1. The van der Waals surface area contributed by atoms with Gasteiger partial charge < -0.3 is 10.1 Å². The van der Waals surface area contributed by atoms with Crippen LogP contribution in [-0.2, 0) is 6.54 Å². The second-order valence-electron chi connectivity index (χ2n) is 4.36. The van der Waals surface area contributed by atoms with Crippen LogP contribution in [0.1, 0.15) is 21.6 Å². The van der Waals surface area contributed by atoms with E-state index in [-0.39, 0.29) is 0 Å². The first-order valence-corrected chi connectivity index (χ1v) is 6.89. The Kier molecular flexibility index (Phi) is 4.08. The molecule has 1 aromatic heterocycles. The number of nitriles is 1. The van der Waals surface area contributed by atoms with Crippen LogP contribution in [0.15, 0.2) is 23.6 Å². The van der Waals surface area contributed by atoms with E-state index in [2.05, 4.69) is 17.5 Å². The highest BCUT2D eigenvalue weighted by molar-refractivity contribution is 7.10. The zero-order valence-corrected chi connectivity index (χ0v) is 12.1. The molecule has 98 valence electrons. The Morgan fingerprint density at radius 1 is 1.37 bits per heavy atom. The van der Waals surface area contributed by atoms with E-state index in [4.69, 9.17) is 10.00 Å². The highest BCUT2D eigenvalue weighted by Gasteiger charge is 2.08. The number of thiophene rings is 1. The van der Waals surface area contributed by atoms with E-state index < -0.39 is 0 Å². The van der Waals surface area contributed by atoms with E-state index >= 15 is 0 Å². The van der Waals surface area contributed by atoms with Crippen molar-refractivity contribution >= 4 is 17.0 Å². The van der Waals surface area contributed by atoms with Gasteiger partial charge in [-0.25, -0.2) is 0 Å². The molecule has 0 amide bonds. The third-order valence-electron chi connectivity index (χ3n) is 3.04. The fourth-order valence-corrected chi connectivity index (χ4v) is 2.80. The van der Waals surface area contributed by atoms with Gasteiger partial charge in [0.1, 0.15) is 11.8 Å². The minimum atomic E-state index is 0.722. The van der Waals surface area contributed by atoms with E-state index in [0.717, 1.165) is 39.5 Å². The number of nitrogens with one attached hydrogen (secondary N) is 1. The number of benzene rings is 1. The highest BCUT2D eigenvalue weighted by Crippen LogP contribution is 2.29. The molecule has 2 rings (SSSR count). The number of ether oxygens (including phenoxy) is 1. The van der Waals surface area contributed by atoms with E-state index in [1.165, 1.54) is 0 Å². The Balaban J connectivity index is 2.14. The summed E-state index contributed by atoms with van der Waals surface area (Å²) in [7, 11) is 1.69. The van der Waals surface area contributed by atoms with E-state index in [1.54, 1.807) is 18.4 Å². The topological polar surface area (TPSA) is 45.0 Å². The van der Waals surface area contributed by atoms with Crippen LogP contribution in [0.4, 0.5) is 5.69 Å². The van der Waals surface area contributed by atoms with Gasteiger partial charge in [-0.15, -0.1) is 11.3 Å². The summed E-state index contributed by atoms with van der Waals surface area (Å²) in [5, 5.41) is 14.1. The summed E-state index contributed by atoms with van der Waals surface area (Å²) in [6, 6.07) is 8.17. The lowest BCUT2D eigenvalue weighted by atomic mass is 10.1. The molecular formula is C15H16N2OS. The zero-order chi connectivity index (χ0) is 13.8. The van der Waals surface area contributed by atoms with Crippen molar-refractivity contribution < 1.29 is 4.74 Å². The predicted octanol–water partition coefficient (Wildman–Crippen LogP) is 3.86. The molecule has 19 heavy (non-hydrogen) atoms. The summed E-state index contributed by atoms with van der Waals surface area (Å²) in [6.45, 7) is 4.80. The standard InChI is InChI=1S/C15H16N2OS/c1-10-4-5-14(11(2)15(10)18-3)17-8-13-6-12(7-16)9-19-13/h4-6,9,17H,8H2,1-3H3. The average molecular weight is 272 g/mol. The molecule has 0 atom stereocenters. The molecule has 0 saturated carbocycles. The van der Waals surface area contributed by atoms with Crippen LogP contribution >= 0.6 is 11.3 Å². The molecular weight excluding hydrogens is 256 g/mol. The molecule has 3 nitrogen and oxygen atoms in total. The fourth-order valence-electron chi connectivity index (χ4n) is 2.05. The Morgan fingerprint density at radius 3 is 2.79 bits per heavy atom. The van der Waals surface area contributed by atoms with Gasteiger partial charge in [0.05, 0.1) is 12.7 Å². The minimum Gasteiger partial charge on any atom is -0.496 e. The van der Waals surface area contributed by atoms with Crippen molar-refractivity contribution in [1.29, 1.82) is 5.26 Å². The lowest BCUT2D eigenvalue weighted by Gasteiger charge is -2.14. The van der Waals surface area contributed by atoms with Gasteiger partial charge in [-0.1, -0.05) is 6.07 Å². The Hall–Kier alpha value is -1.99. The van der Waals surface area contributed by atoms with Gasteiger partial charge in [0.15, 0.2) is 0 Å². The lowest BCUT2D eigenvalue weighted by molar-refractivity contribution is 0.409. The molecule has 1 aromatic carbocycles. The van der Waals surface area contributed by atoms with Gasteiger partial charge in [0, 0.05) is 28.1 Å². The molecule has 0 spiro atoms. The van der Waals surface area contributed by atoms with Crippen molar-refractivity contribution in [2.75, 3.05) is 12.4 Å². The minimum absolute atomic E-state index is 0.722. The van der Waals surface area contributed by atoms with Crippen LogP contribution in [-0.4, -0.2) is 7.11 Å². The average Bonchev–Trinajstić information content (AvgIpc) is 2.86. The van der Waals surface area contributed by atoms with Crippen LogP contribution in [0.5, 0.6) is 5.75 Å². The van der Waals surface area contributed by atoms with Crippen molar-refractivity contribution in [3.63, 3.8) is 0 Å². The van der Waals surface area contributed by atoms with Crippen molar-refractivity contribution in [2.24, 2.45) is 0 Å². The molecule has 2 aromatic rings. The maximum atomic E-state index is 8.80. The smallest absolute Gasteiger partial charge is 0.126 e. The SMILES string of the molecule is COc1c(C)ccc(NCc2cc(C#N)cs2)c1C. The molecule has 4 heteroatoms. The second kappa shape index (κ2) is 5.77. The lowest BCUT2D eigenvalue weighted by Crippen LogP contribution is -2.01. The molecule has 0 radical (unpaired) electrons. The third-order valence-corrected chi connectivity index (χ3v) is 3.98. The quantitative estimate of drug-likeness (QED) is 0.919. The Morgan fingerprint density at radius 2 is 2.16 bits per heavy atom. The normalized spacial score (nSPS) is 10.0. The first-order valence-electron chi connectivity index (χ1n) is 6.01. The van der Waals surface area contributed by atoms with Gasteiger partial charge in [-0.05, 0) is 31.5 Å². The second-order valence-corrected chi connectivity index (χ2v) is 5.35. The van der Waals surface area contributed by atoms with E-state index in [0.29, 0.717) is 0 Å². The molecule has 0 aliphatic rings. The van der Waals surface area contributed by atoms with Gasteiger partial charge in [-0.3, -0.25) is 0 Å². The first-order chi connectivity index (χ1) is 9.15. The predicted molar refractivity (Wildman–Crippen MR) is 78.8 cm³/mol. The maximum Gasteiger partial charge on any atom is 0.126 e. The molecule has 0 bridgehead atoms. The molecule has 0 unspecified atom stereocenters. The summed E-state index contributed by atoms with van der Waals surface area (Å²) < 4.78 is 5.41.